The molecule has 0 amide bonds. The van der Waals surface area contributed by atoms with Gasteiger partial charge in [-0.15, -0.1) is 0 Å². The van der Waals surface area contributed by atoms with Gasteiger partial charge in [-0.05, 0) is 29.8 Å². The van der Waals surface area contributed by atoms with Gasteiger partial charge in [0.1, 0.15) is 5.03 Å². The molecule has 0 aliphatic rings. The molecule has 2 atom stereocenters. The Bertz CT molecular complexity index is 349. The zero-order valence-electron chi connectivity index (χ0n) is 9.57. The third-order valence-electron chi connectivity index (χ3n) is 2.02. The Morgan fingerprint density at radius 1 is 1.56 bits per heavy atom. The lowest BCUT2D eigenvalue weighted by Crippen LogP contribution is -2.15. The number of aromatic nitrogens is 2. The van der Waals surface area contributed by atoms with Crippen LogP contribution in [0.5, 0.6) is 0 Å². The molecule has 1 aromatic heterocycles. The second-order valence-electron chi connectivity index (χ2n) is 3.44. The minimum atomic E-state index is -0.366. The van der Waals surface area contributed by atoms with Gasteiger partial charge >= 0.3 is 0 Å². The van der Waals surface area contributed by atoms with Crippen molar-refractivity contribution < 1.29 is 5.11 Å². The molecule has 0 aliphatic carbocycles. The third kappa shape index (κ3) is 3.92. The Morgan fingerprint density at radius 3 is 2.81 bits per heavy atom. The van der Waals surface area contributed by atoms with E-state index in [0.717, 1.165) is 16.0 Å². The van der Waals surface area contributed by atoms with Crippen LogP contribution < -0.4 is 5.32 Å². The monoisotopic (exact) mass is 305 g/mol. The van der Waals surface area contributed by atoms with E-state index in [0.29, 0.717) is 5.95 Å². The Hall–Kier alpha value is -0.330. The molecule has 4 nitrogen and oxygen atoms in total. The van der Waals surface area contributed by atoms with Gasteiger partial charge in [-0.2, -0.15) is 0 Å². The van der Waals surface area contributed by atoms with Crippen LogP contribution in [0.2, 0.25) is 0 Å². The van der Waals surface area contributed by atoms with Crippen molar-refractivity contribution >= 4 is 33.6 Å². The zero-order valence-corrected chi connectivity index (χ0v) is 12.0. The highest BCUT2D eigenvalue weighted by Crippen LogP contribution is 2.30. The summed E-state index contributed by atoms with van der Waals surface area (Å²) in [5.41, 5.74) is 0. The molecule has 0 saturated heterocycles. The molecule has 0 aliphatic heterocycles. The Labute approximate surface area is 108 Å². The number of rotatable bonds is 5. The highest BCUT2D eigenvalue weighted by molar-refractivity contribution is 9.10. The summed E-state index contributed by atoms with van der Waals surface area (Å²) in [6.45, 7) is 6.53. The van der Waals surface area contributed by atoms with Crippen LogP contribution >= 0.6 is 27.7 Å². The molecule has 0 spiro atoms. The lowest BCUT2D eigenvalue weighted by molar-refractivity contribution is 0.196. The van der Waals surface area contributed by atoms with Gasteiger partial charge in [0.2, 0.25) is 5.95 Å². The van der Waals surface area contributed by atoms with Gasteiger partial charge in [0.05, 0.1) is 10.6 Å². The van der Waals surface area contributed by atoms with Crippen LogP contribution in [0, 0.1) is 0 Å². The van der Waals surface area contributed by atoms with E-state index < -0.39 is 0 Å². The second-order valence-corrected chi connectivity index (χ2v) is 5.66. The van der Waals surface area contributed by atoms with Crippen LogP contribution in [0.3, 0.4) is 0 Å². The fraction of sp³-hybridized carbons (Fsp3) is 0.600. The van der Waals surface area contributed by atoms with Crippen molar-refractivity contribution in [2.24, 2.45) is 0 Å². The molecular formula is C10H16BrN3OS. The quantitative estimate of drug-likeness (QED) is 0.647. The number of halogens is 1. The number of hydrogen-bond acceptors (Lipinski definition) is 5. The van der Waals surface area contributed by atoms with E-state index in [2.05, 4.69) is 31.2 Å². The maximum Gasteiger partial charge on any atom is 0.223 e. The van der Waals surface area contributed by atoms with Crippen LogP contribution in [0.1, 0.15) is 20.8 Å². The maximum atomic E-state index is 9.45. The summed E-state index contributed by atoms with van der Waals surface area (Å²) in [6.07, 6.45) is 1.36. The topological polar surface area (TPSA) is 58.0 Å². The summed E-state index contributed by atoms with van der Waals surface area (Å²) in [4.78, 5) is 8.50. The highest BCUT2D eigenvalue weighted by Gasteiger charge is 2.14. The number of hydrogen-bond donors (Lipinski definition) is 2. The van der Waals surface area contributed by atoms with E-state index in [-0.39, 0.29) is 11.4 Å². The number of nitrogens with zero attached hydrogens (tertiary/aromatic N) is 2. The minimum Gasteiger partial charge on any atom is -0.392 e. The molecule has 1 heterocycles. The van der Waals surface area contributed by atoms with Gasteiger partial charge in [0.25, 0.3) is 0 Å². The average molecular weight is 306 g/mol. The Morgan fingerprint density at radius 2 is 2.25 bits per heavy atom. The predicted molar refractivity (Wildman–Crippen MR) is 70.9 cm³/mol. The third-order valence-corrected chi connectivity index (χ3v) is 4.17. The van der Waals surface area contributed by atoms with Crippen LogP contribution in [0.15, 0.2) is 15.7 Å². The second kappa shape index (κ2) is 6.42. The van der Waals surface area contributed by atoms with Crippen LogP contribution in [0.4, 0.5) is 5.95 Å². The highest BCUT2D eigenvalue weighted by atomic mass is 79.9. The number of aliphatic hydroxyl groups excluding tert-OH is 1. The van der Waals surface area contributed by atoms with Crippen molar-refractivity contribution in [2.75, 3.05) is 11.9 Å². The van der Waals surface area contributed by atoms with E-state index in [9.17, 15) is 5.11 Å². The molecule has 6 heteroatoms. The molecule has 90 valence electrons. The average Bonchev–Trinajstić information content (AvgIpc) is 2.23. The molecule has 2 N–H and O–H groups in total. The van der Waals surface area contributed by atoms with Gasteiger partial charge in [-0.3, -0.25) is 0 Å². The van der Waals surface area contributed by atoms with E-state index in [1.54, 1.807) is 13.1 Å². The summed E-state index contributed by atoms with van der Waals surface area (Å²) in [5, 5.41) is 13.5. The van der Waals surface area contributed by atoms with Gasteiger partial charge < -0.3 is 10.4 Å². The number of aliphatic hydroxyl groups is 1. The van der Waals surface area contributed by atoms with E-state index >= 15 is 0 Å². The maximum absolute atomic E-state index is 9.45. The summed E-state index contributed by atoms with van der Waals surface area (Å²) in [6, 6.07) is 0. The molecular weight excluding hydrogens is 290 g/mol. The summed E-state index contributed by atoms with van der Waals surface area (Å²) < 4.78 is 0.853. The summed E-state index contributed by atoms with van der Waals surface area (Å²) >= 11 is 4.93. The Kier molecular flexibility index (Phi) is 5.51. The van der Waals surface area contributed by atoms with Gasteiger partial charge in [-0.1, -0.05) is 18.7 Å². The van der Waals surface area contributed by atoms with Crippen LogP contribution in [-0.2, 0) is 0 Å². The summed E-state index contributed by atoms with van der Waals surface area (Å²) in [5.74, 6) is 0.617. The molecule has 16 heavy (non-hydrogen) atoms. The van der Waals surface area contributed by atoms with Crippen LogP contribution in [-0.4, -0.2) is 33.0 Å². The van der Waals surface area contributed by atoms with Gasteiger partial charge in [0.15, 0.2) is 0 Å². The van der Waals surface area contributed by atoms with Crippen LogP contribution in [0.25, 0.3) is 0 Å². The minimum absolute atomic E-state index is 0.0978. The SMILES string of the molecule is CCNc1ncc(Br)c(SC(C)C(C)O)n1. The molecule has 0 radical (unpaired) electrons. The Balaban J connectivity index is 2.81. The fourth-order valence-corrected chi connectivity index (χ4v) is 2.28. The van der Waals surface area contributed by atoms with Crippen molar-refractivity contribution in [1.82, 2.24) is 9.97 Å². The molecule has 1 aromatic rings. The molecule has 1 rings (SSSR count). The number of anilines is 1. The van der Waals surface area contributed by atoms with Gasteiger partial charge in [0, 0.05) is 18.0 Å². The zero-order chi connectivity index (χ0) is 12.1. The van der Waals surface area contributed by atoms with Crippen molar-refractivity contribution in [3.63, 3.8) is 0 Å². The van der Waals surface area contributed by atoms with Crippen molar-refractivity contribution in [1.29, 1.82) is 0 Å². The fourth-order valence-electron chi connectivity index (χ4n) is 0.952. The van der Waals surface area contributed by atoms with E-state index in [1.807, 2.05) is 13.8 Å². The standard InChI is InChI=1S/C10H16BrN3OS/c1-4-12-10-13-5-8(11)9(14-10)16-7(3)6(2)15/h5-7,15H,4H2,1-3H3,(H,12,13,14). The van der Waals surface area contributed by atoms with E-state index in [1.165, 1.54) is 11.8 Å². The summed E-state index contributed by atoms with van der Waals surface area (Å²) in [7, 11) is 0. The van der Waals surface area contributed by atoms with Crippen molar-refractivity contribution in [3.05, 3.63) is 10.7 Å². The largest absolute Gasteiger partial charge is 0.392 e. The number of nitrogens with one attached hydrogen (secondary N) is 1. The predicted octanol–water partition coefficient (Wildman–Crippen LogP) is 2.53. The normalized spacial score (nSPS) is 14.6. The molecule has 0 saturated carbocycles. The van der Waals surface area contributed by atoms with E-state index in [4.69, 9.17) is 0 Å². The lowest BCUT2D eigenvalue weighted by atomic mass is 10.3. The molecule has 0 bridgehead atoms. The van der Waals surface area contributed by atoms with Crippen molar-refractivity contribution in [2.45, 2.75) is 37.2 Å². The first-order chi connectivity index (χ1) is 7.54. The first kappa shape index (κ1) is 13.7. The van der Waals surface area contributed by atoms with Crippen molar-refractivity contribution in [3.8, 4) is 0 Å². The lowest BCUT2D eigenvalue weighted by Gasteiger charge is -2.14. The first-order valence-corrected chi connectivity index (χ1v) is 6.83. The molecule has 0 aromatic carbocycles. The molecule has 0 fully saturated rings. The molecule has 2 unspecified atom stereocenters. The number of thioether (sulfide) groups is 1. The smallest absolute Gasteiger partial charge is 0.223 e. The first-order valence-electron chi connectivity index (χ1n) is 5.15. The van der Waals surface area contributed by atoms with Gasteiger partial charge in [-0.25, -0.2) is 9.97 Å².